The van der Waals surface area contributed by atoms with Crippen molar-refractivity contribution in [2.45, 2.75) is 26.0 Å². The van der Waals surface area contributed by atoms with E-state index in [9.17, 15) is 14.3 Å². The van der Waals surface area contributed by atoms with E-state index in [1.165, 1.54) is 12.1 Å². The van der Waals surface area contributed by atoms with Gasteiger partial charge in [0.25, 0.3) is 5.56 Å². The maximum absolute atomic E-state index is 13.1. The van der Waals surface area contributed by atoms with Crippen LogP contribution in [0.1, 0.15) is 19.4 Å². The Bertz CT molecular complexity index is 699. The first-order valence-electron chi connectivity index (χ1n) is 7.06. The average Bonchev–Trinajstić information content (AvgIpc) is 2.45. The van der Waals surface area contributed by atoms with Gasteiger partial charge in [0.1, 0.15) is 5.82 Å². The van der Waals surface area contributed by atoms with Crippen LogP contribution in [-0.2, 0) is 16.9 Å². The number of pyridine rings is 1. The lowest BCUT2D eigenvalue weighted by Gasteiger charge is -2.21. The summed E-state index contributed by atoms with van der Waals surface area (Å²) >= 11 is 0. The molecule has 0 fully saturated rings. The molecule has 0 saturated heterocycles. The van der Waals surface area contributed by atoms with Gasteiger partial charge in [-0.3, -0.25) is 4.79 Å². The fourth-order valence-electron chi connectivity index (χ4n) is 2.32. The zero-order valence-corrected chi connectivity index (χ0v) is 13.0. The van der Waals surface area contributed by atoms with Crippen LogP contribution in [0.15, 0.2) is 41.2 Å². The maximum atomic E-state index is 13.1. The van der Waals surface area contributed by atoms with Gasteiger partial charge in [-0.15, -0.1) is 0 Å². The largest absolute Gasteiger partial charge is 0.386 e. The predicted octanol–water partition coefficient (Wildman–Crippen LogP) is 2.53. The minimum atomic E-state index is -1.23. The number of aromatic nitrogens is 1. The third-order valence-corrected chi connectivity index (χ3v) is 3.49. The molecule has 22 heavy (non-hydrogen) atoms. The molecular weight excluding hydrogens is 285 g/mol. The Morgan fingerprint density at radius 2 is 1.82 bits per heavy atom. The Hall–Kier alpha value is -1.98. The van der Waals surface area contributed by atoms with Crippen LogP contribution in [-0.4, -0.2) is 23.4 Å². The highest BCUT2D eigenvalue weighted by Gasteiger charge is 2.22. The minimum absolute atomic E-state index is 0.272. The van der Waals surface area contributed by atoms with Gasteiger partial charge in [0, 0.05) is 19.2 Å². The molecule has 0 bridgehead atoms. The normalized spacial score (nSPS) is 11.7. The number of halogens is 1. The number of benzene rings is 1. The van der Waals surface area contributed by atoms with E-state index in [1.807, 2.05) is 0 Å². The summed E-state index contributed by atoms with van der Waals surface area (Å²) in [7, 11) is 1.56. The van der Waals surface area contributed by atoms with Gasteiger partial charge in [0.05, 0.1) is 17.9 Å². The van der Waals surface area contributed by atoms with Crippen LogP contribution in [0.5, 0.6) is 0 Å². The third kappa shape index (κ3) is 3.43. The monoisotopic (exact) mass is 305 g/mol. The molecule has 2 rings (SSSR count). The first-order chi connectivity index (χ1) is 10.3. The predicted molar refractivity (Wildman–Crippen MR) is 83.2 cm³/mol. The quantitative estimate of drug-likeness (QED) is 0.923. The molecule has 118 valence electrons. The van der Waals surface area contributed by atoms with E-state index >= 15 is 0 Å². The average molecular weight is 305 g/mol. The second kappa shape index (κ2) is 6.42. The molecule has 0 aliphatic rings. The van der Waals surface area contributed by atoms with E-state index in [4.69, 9.17) is 4.74 Å². The highest BCUT2D eigenvalue weighted by Crippen LogP contribution is 2.22. The topological polar surface area (TPSA) is 51.5 Å². The molecule has 1 aromatic carbocycles. The smallest absolute Gasteiger partial charge is 0.257 e. The molecule has 0 aliphatic carbocycles. The van der Waals surface area contributed by atoms with Gasteiger partial charge in [-0.1, -0.05) is 0 Å². The summed E-state index contributed by atoms with van der Waals surface area (Å²) < 4.78 is 19.7. The molecule has 5 heteroatoms. The molecule has 0 aliphatic heterocycles. The first-order valence-corrected chi connectivity index (χ1v) is 7.06. The molecule has 1 aromatic heterocycles. The molecule has 0 saturated carbocycles. The van der Waals surface area contributed by atoms with Crippen LogP contribution in [0.3, 0.4) is 0 Å². The van der Waals surface area contributed by atoms with E-state index in [2.05, 4.69) is 0 Å². The third-order valence-electron chi connectivity index (χ3n) is 3.49. The number of aliphatic hydroxyl groups is 1. The van der Waals surface area contributed by atoms with E-state index in [0.717, 1.165) is 5.56 Å². The van der Waals surface area contributed by atoms with Crippen LogP contribution in [0.2, 0.25) is 0 Å². The Balaban J connectivity index is 2.61. The zero-order chi connectivity index (χ0) is 16.3. The van der Waals surface area contributed by atoms with Crippen LogP contribution < -0.4 is 5.56 Å². The summed E-state index contributed by atoms with van der Waals surface area (Å²) in [5, 5.41) is 10.1. The van der Waals surface area contributed by atoms with E-state index < -0.39 is 5.60 Å². The maximum Gasteiger partial charge on any atom is 0.257 e. The number of rotatable bonds is 5. The highest BCUT2D eigenvalue weighted by atomic mass is 19.1. The van der Waals surface area contributed by atoms with E-state index in [1.54, 1.807) is 49.8 Å². The van der Waals surface area contributed by atoms with Crippen molar-refractivity contribution in [2.75, 3.05) is 13.7 Å². The number of methoxy groups -OCH3 is 1. The number of hydrogen-bond donors (Lipinski definition) is 1. The van der Waals surface area contributed by atoms with Crippen molar-refractivity contribution < 1.29 is 14.2 Å². The van der Waals surface area contributed by atoms with Gasteiger partial charge in [-0.05, 0) is 55.8 Å². The molecule has 0 spiro atoms. The van der Waals surface area contributed by atoms with Gasteiger partial charge in [-0.2, -0.15) is 0 Å². The first kappa shape index (κ1) is 16.4. The number of ether oxygens (including phenoxy) is 1. The molecule has 4 nitrogen and oxygen atoms in total. The minimum Gasteiger partial charge on any atom is -0.386 e. The van der Waals surface area contributed by atoms with Gasteiger partial charge in [0.15, 0.2) is 0 Å². The molecule has 0 radical (unpaired) electrons. The second-order valence-electron chi connectivity index (χ2n) is 5.65. The second-order valence-corrected chi connectivity index (χ2v) is 5.65. The van der Waals surface area contributed by atoms with Gasteiger partial charge < -0.3 is 14.4 Å². The van der Waals surface area contributed by atoms with Crippen molar-refractivity contribution in [3.8, 4) is 11.3 Å². The van der Waals surface area contributed by atoms with Gasteiger partial charge in [0.2, 0.25) is 0 Å². The summed E-state index contributed by atoms with van der Waals surface area (Å²) in [6.07, 6.45) is 0. The highest BCUT2D eigenvalue weighted by molar-refractivity contribution is 5.60. The van der Waals surface area contributed by atoms with E-state index in [-0.39, 0.29) is 11.4 Å². The number of nitrogens with zero attached hydrogens (tertiary/aromatic N) is 1. The summed E-state index contributed by atoms with van der Waals surface area (Å²) in [5.74, 6) is -0.331. The van der Waals surface area contributed by atoms with Gasteiger partial charge >= 0.3 is 0 Å². The van der Waals surface area contributed by atoms with Crippen molar-refractivity contribution >= 4 is 0 Å². The molecular formula is C17H20FNO3. The Morgan fingerprint density at radius 1 is 1.18 bits per heavy atom. The molecule has 0 amide bonds. The van der Waals surface area contributed by atoms with Crippen LogP contribution in [0.4, 0.5) is 4.39 Å². The lowest BCUT2D eigenvalue weighted by Crippen LogP contribution is -2.33. The Kier molecular flexibility index (Phi) is 4.78. The van der Waals surface area contributed by atoms with Crippen molar-refractivity contribution in [1.29, 1.82) is 0 Å². The van der Waals surface area contributed by atoms with E-state index in [0.29, 0.717) is 24.4 Å². The standard InChI is InChI=1S/C17H20FNO3/c1-17(2,21)14-8-9-15(12-4-6-13(18)7-5-12)19(16(14)20)10-11-22-3/h4-9,21H,10-11H2,1-3H3. The fraction of sp³-hybridized carbons (Fsp3) is 0.353. The van der Waals surface area contributed by atoms with Crippen molar-refractivity contribution in [2.24, 2.45) is 0 Å². The summed E-state index contributed by atoms with van der Waals surface area (Å²) in [5.41, 5.74) is 0.209. The summed E-state index contributed by atoms with van der Waals surface area (Å²) in [4.78, 5) is 12.7. The lowest BCUT2D eigenvalue weighted by molar-refractivity contribution is 0.0762. The Labute approximate surface area is 128 Å². The van der Waals surface area contributed by atoms with Crippen LogP contribution in [0.25, 0.3) is 11.3 Å². The molecule has 1 N–H and O–H groups in total. The SMILES string of the molecule is COCCn1c(-c2ccc(F)cc2)ccc(C(C)(C)O)c1=O. The van der Waals surface area contributed by atoms with Crippen LogP contribution in [0, 0.1) is 5.82 Å². The van der Waals surface area contributed by atoms with Crippen LogP contribution >= 0.6 is 0 Å². The number of hydrogen-bond acceptors (Lipinski definition) is 3. The molecule has 2 aromatic rings. The summed E-state index contributed by atoms with van der Waals surface area (Å²) in [6, 6.07) is 9.32. The van der Waals surface area contributed by atoms with Crippen molar-refractivity contribution in [3.05, 3.63) is 58.1 Å². The van der Waals surface area contributed by atoms with Crippen molar-refractivity contribution in [3.63, 3.8) is 0 Å². The Morgan fingerprint density at radius 3 is 2.36 bits per heavy atom. The fourth-order valence-corrected chi connectivity index (χ4v) is 2.32. The van der Waals surface area contributed by atoms with Gasteiger partial charge in [-0.25, -0.2) is 4.39 Å². The summed E-state index contributed by atoms with van der Waals surface area (Å²) in [6.45, 7) is 3.86. The molecule has 1 heterocycles. The van der Waals surface area contributed by atoms with Crippen molar-refractivity contribution in [1.82, 2.24) is 4.57 Å². The molecule has 0 atom stereocenters. The zero-order valence-electron chi connectivity index (χ0n) is 13.0. The lowest BCUT2D eigenvalue weighted by atomic mass is 9.98. The molecule has 0 unspecified atom stereocenters.